The van der Waals surface area contributed by atoms with Crippen LogP contribution in [0.3, 0.4) is 0 Å². The Morgan fingerprint density at radius 2 is 2.17 bits per heavy atom. The molecule has 0 radical (unpaired) electrons. The maximum atomic E-state index is 13.9. The molecule has 1 N–H and O–H groups in total. The van der Waals surface area contributed by atoms with Crippen molar-refractivity contribution in [2.24, 2.45) is 0 Å². The van der Waals surface area contributed by atoms with E-state index in [4.69, 9.17) is 4.74 Å². The van der Waals surface area contributed by atoms with Crippen LogP contribution in [0.2, 0.25) is 0 Å². The van der Waals surface area contributed by atoms with Crippen molar-refractivity contribution in [2.75, 3.05) is 13.2 Å². The molecule has 0 amide bonds. The first-order valence-electron chi connectivity index (χ1n) is 6.61. The number of piperidine rings is 1. The maximum absolute atomic E-state index is 13.9. The second-order valence-corrected chi connectivity index (χ2v) is 5.08. The van der Waals surface area contributed by atoms with Gasteiger partial charge in [-0.1, -0.05) is 6.42 Å². The lowest BCUT2D eigenvalue weighted by Gasteiger charge is -2.24. The van der Waals surface area contributed by atoms with Gasteiger partial charge in [0.1, 0.15) is 17.4 Å². The number of ether oxygens (including phenoxy) is 1. The zero-order chi connectivity index (χ0) is 12.5. The number of nitrogens with one attached hydrogen (secondary N) is 1. The Morgan fingerprint density at radius 3 is 2.94 bits per heavy atom. The Bertz CT molecular complexity index is 456. The summed E-state index contributed by atoms with van der Waals surface area (Å²) in [5, 5.41) is 3.38. The molecule has 2 aliphatic rings. The molecule has 0 aromatic heterocycles. The molecule has 18 heavy (non-hydrogen) atoms. The first kappa shape index (κ1) is 11.9. The Morgan fingerprint density at radius 1 is 1.28 bits per heavy atom. The van der Waals surface area contributed by atoms with Gasteiger partial charge < -0.3 is 10.1 Å². The Balaban J connectivity index is 1.89. The van der Waals surface area contributed by atoms with Crippen molar-refractivity contribution in [3.63, 3.8) is 0 Å². The van der Waals surface area contributed by atoms with E-state index in [1.807, 2.05) is 0 Å². The second-order valence-electron chi connectivity index (χ2n) is 5.08. The van der Waals surface area contributed by atoms with E-state index >= 15 is 0 Å². The number of hydrogen-bond acceptors (Lipinski definition) is 2. The van der Waals surface area contributed by atoms with Crippen LogP contribution in [0, 0.1) is 11.6 Å². The molecule has 1 aromatic rings. The summed E-state index contributed by atoms with van der Waals surface area (Å²) < 4.78 is 32.9. The normalized spacial score (nSPS) is 22.7. The lowest BCUT2D eigenvalue weighted by Crippen LogP contribution is -2.35. The van der Waals surface area contributed by atoms with Gasteiger partial charge in [-0.05, 0) is 25.8 Å². The quantitative estimate of drug-likeness (QED) is 0.874. The second kappa shape index (κ2) is 4.84. The van der Waals surface area contributed by atoms with Crippen LogP contribution >= 0.6 is 0 Å². The van der Waals surface area contributed by atoms with E-state index < -0.39 is 11.6 Å². The highest BCUT2D eigenvalue weighted by molar-refractivity contribution is 5.46. The van der Waals surface area contributed by atoms with Crippen molar-refractivity contribution in [1.29, 1.82) is 0 Å². The zero-order valence-corrected chi connectivity index (χ0v) is 10.3. The molecular weight excluding hydrogens is 236 g/mol. The average molecular weight is 253 g/mol. The van der Waals surface area contributed by atoms with Gasteiger partial charge in [0.05, 0.1) is 6.61 Å². The Labute approximate surface area is 105 Å². The molecule has 0 aliphatic carbocycles. The van der Waals surface area contributed by atoms with Crippen LogP contribution in [0.5, 0.6) is 5.75 Å². The topological polar surface area (TPSA) is 21.3 Å². The molecule has 1 aromatic carbocycles. The Hall–Kier alpha value is -1.16. The van der Waals surface area contributed by atoms with Crippen molar-refractivity contribution in [3.05, 3.63) is 28.8 Å². The minimum atomic E-state index is -0.472. The number of halogens is 2. The van der Waals surface area contributed by atoms with E-state index in [0.717, 1.165) is 19.0 Å². The molecule has 0 saturated carbocycles. The molecule has 1 saturated heterocycles. The van der Waals surface area contributed by atoms with Gasteiger partial charge >= 0.3 is 0 Å². The van der Waals surface area contributed by atoms with Crippen molar-refractivity contribution in [1.82, 2.24) is 5.32 Å². The highest BCUT2D eigenvalue weighted by Crippen LogP contribution is 2.35. The van der Waals surface area contributed by atoms with Crippen LogP contribution < -0.4 is 10.1 Å². The molecule has 2 heterocycles. The van der Waals surface area contributed by atoms with E-state index in [0.29, 0.717) is 36.3 Å². The third-order valence-electron chi connectivity index (χ3n) is 3.84. The molecule has 2 nitrogen and oxygen atoms in total. The van der Waals surface area contributed by atoms with E-state index in [2.05, 4.69) is 5.32 Å². The third kappa shape index (κ3) is 2.09. The third-order valence-corrected chi connectivity index (χ3v) is 3.84. The predicted octanol–water partition coefficient (Wildman–Crippen LogP) is 2.58. The molecule has 1 atom stereocenters. The average Bonchev–Trinajstić information content (AvgIpc) is 2.85. The van der Waals surface area contributed by atoms with Gasteiger partial charge in [-0.3, -0.25) is 0 Å². The monoisotopic (exact) mass is 253 g/mol. The lowest BCUT2D eigenvalue weighted by molar-refractivity contribution is 0.343. The summed E-state index contributed by atoms with van der Waals surface area (Å²) in [6.07, 6.45) is 4.53. The first-order valence-corrected chi connectivity index (χ1v) is 6.61. The fourth-order valence-corrected chi connectivity index (χ4v) is 2.88. The molecule has 3 rings (SSSR count). The molecule has 1 unspecified atom stereocenters. The van der Waals surface area contributed by atoms with Crippen LogP contribution in [0.15, 0.2) is 6.07 Å². The summed E-state index contributed by atoms with van der Waals surface area (Å²) in [6.45, 7) is 1.44. The maximum Gasteiger partial charge on any atom is 0.133 e. The van der Waals surface area contributed by atoms with Crippen LogP contribution in [0.25, 0.3) is 0 Å². The van der Waals surface area contributed by atoms with Crippen LogP contribution in [-0.4, -0.2) is 19.2 Å². The van der Waals surface area contributed by atoms with E-state index in [1.54, 1.807) is 0 Å². The molecule has 98 valence electrons. The number of rotatable bonds is 2. The summed E-state index contributed by atoms with van der Waals surface area (Å²) in [6, 6.07) is 1.29. The SMILES string of the molecule is Fc1cc(F)c(CC2CCCCN2)c2c1CCO2. The van der Waals surface area contributed by atoms with Crippen LogP contribution in [0.1, 0.15) is 30.4 Å². The fraction of sp³-hybridized carbons (Fsp3) is 0.571. The fourth-order valence-electron chi connectivity index (χ4n) is 2.88. The summed E-state index contributed by atoms with van der Waals surface area (Å²) in [5.41, 5.74) is 1.09. The summed E-state index contributed by atoms with van der Waals surface area (Å²) >= 11 is 0. The van der Waals surface area contributed by atoms with Crippen molar-refractivity contribution < 1.29 is 13.5 Å². The number of hydrogen-bond donors (Lipinski definition) is 1. The number of fused-ring (bicyclic) bond motifs is 1. The smallest absolute Gasteiger partial charge is 0.133 e. The summed E-state index contributed by atoms with van der Waals surface area (Å²) in [5.74, 6) is -0.485. The highest BCUT2D eigenvalue weighted by Gasteiger charge is 2.26. The minimum absolute atomic E-state index is 0.284. The minimum Gasteiger partial charge on any atom is -0.492 e. The lowest BCUT2D eigenvalue weighted by atomic mass is 9.95. The van der Waals surface area contributed by atoms with Crippen LogP contribution in [-0.2, 0) is 12.8 Å². The van der Waals surface area contributed by atoms with Gasteiger partial charge in [0.25, 0.3) is 0 Å². The molecule has 1 fully saturated rings. The molecule has 0 bridgehead atoms. The molecule has 0 spiro atoms. The van der Waals surface area contributed by atoms with Gasteiger partial charge in [0.2, 0.25) is 0 Å². The van der Waals surface area contributed by atoms with Gasteiger partial charge in [0.15, 0.2) is 0 Å². The van der Waals surface area contributed by atoms with E-state index in [-0.39, 0.29) is 6.04 Å². The van der Waals surface area contributed by atoms with Gasteiger partial charge in [-0.15, -0.1) is 0 Å². The van der Waals surface area contributed by atoms with Crippen molar-refractivity contribution in [3.8, 4) is 5.75 Å². The van der Waals surface area contributed by atoms with Gasteiger partial charge in [-0.2, -0.15) is 0 Å². The van der Waals surface area contributed by atoms with Gasteiger partial charge in [-0.25, -0.2) is 8.78 Å². The highest BCUT2D eigenvalue weighted by atomic mass is 19.1. The standard InChI is InChI=1S/C14H17F2NO/c15-12-8-13(16)11(14-10(12)4-6-18-14)7-9-3-1-2-5-17-9/h8-9,17H,1-7H2. The zero-order valence-electron chi connectivity index (χ0n) is 10.3. The predicted molar refractivity (Wildman–Crippen MR) is 64.9 cm³/mol. The molecular formula is C14H17F2NO. The van der Waals surface area contributed by atoms with E-state index in [1.165, 1.54) is 12.8 Å². The number of benzene rings is 1. The Kier molecular flexibility index (Phi) is 3.20. The summed E-state index contributed by atoms with van der Waals surface area (Å²) in [7, 11) is 0. The van der Waals surface area contributed by atoms with Crippen LogP contribution in [0.4, 0.5) is 8.78 Å². The summed E-state index contributed by atoms with van der Waals surface area (Å²) in [4.78, 5) is 0. The molecule has 4 heteroatoms. The van der Waals surface area contributed by atoms with E-state index in [9.17, 15) is 8.78 Å². The largest absolute Gasteiger partial charge is 0.492 e. The van der Waals surface area contributed by atoms with Gasteiger partial charge in [0, 0.05) is 29.7 Å². The molecule has 2 aliphatic heterocycles. The van der Waals surface area contributed by atoms with Crippen molar-refractivity contribution in [2.45, 2.75) is 38.1 Å². The van der Waals surface area contributed by atoms with Crippen molar-refractivity contribution >= 4 is 0 Å². The first-order chi connectivity index (χ1) is 8.75.